The molecular weight excluding hydrogens is 329 g/mol. The van der Waals surface area contributed by atoms with Crippen LogP contribution in [0.5, 0.6) is 0 Å². The quantitative estimate of drug-likeness (QED) is 0.807. The first-order valence-electron chi connectivity index (χ1n) is 5.82. The van der Waals surface area contributed by atoms with Crippen molar-refractivity contribution in [2.45, 2.75) is 31.8 Å². The summed E-state index contributed by atoms with van der Waals surface area (Å²) in [6.45, 7) is 2.01. The average molecular weight is 345 g/mol. The maximum atomic E-state index is 11.1. The second kappa shape index (κ2) is 5.35. The van der Waals surface area contributed by atoms with E-state index in [9.17, 15) is 4.79 Å². The Balaban J connectivity index is 2.01. The summed E-state index contributed by atoms with van der Waals surface area (Å²) in [5.41, 5.74) is 1.14. The molecule has 1 fully saturated rings. The van der Waals surface area contributed by atoms with Crippen molar-refractivity contribution < 1.29 is 9.90 Å². The van der Waals surface area contributed by atoms with Gasteiger partial charge in [0.2, 0.25) is 0 Å². The number of aliphatic carboxylic acids is 1. The van der Waals surface area contributed by atoms with Crippen LogP contribution in [0.4, 0.5) is 0 Å². The first-order chi connectivity index (χ1) is 8.08. The summed E-state index contributed by atoms with van der Waals surface area (Å²) in [4.78, 5) is 11.1. The van der Waals surface area contributed by atoms with Gasteiger partial charge >= 0.3 is 5.97 Å². The van der Waals surface area contributed by atoms with Gasteiger partial charge < -0.3 is 5.11 Å². The van der Waals surface area contributed by atoms with Gasteiger partial charge in [-0.25, -0.2) is 0 Å². The smallest absolute Gasteiger partial charge is 0.320 e. The third-order valence-corrected chi connectivity index (χ3v) is 3.88. The largest absolute Gasteiger partial charge is 0.480 e. The molecule has 1 aliphatic carbocycles. The van der Waals surface area contributed by atoms with Crippen LogP contribution < -0.4 is 5.32 Å². The highest BCUT2D eigenvalue weighted by Gasteiger charge is 2.36. The van der Waals surface area contributed by atoms with E-state index in [-0.39, 0.29) is 6.04 Å². The molecule has 4 heteroatoms. The molecule has 0 aliphatic heterocycles. The Labute approximate surface area is 115 Å². The van der Waals surface area contributed by atoms with Crippen LogP contribution in [0.15, 0.2) is 24.3 Å². The molecule has 1 aromatic carbocycles. The van der Waals surface area contributed by atoms with Crippen LogP contribution in [0, 0.1) is 9.49 Å². The van der Waals surface area contributed by atoms with Crippen molar-refractivity contribution in [3.8, 4) is 0 Å². The molecule has 3 nitrogen and oxygen atoms in total. The minimum absolute atomic E-state index is 0.0775. The van der Waals surface area contributed by atoms with E-state index in [1.807, 2.05) is 31.2 Å². The maximum Gasteiger partial charge on any atom is 0.320 e. The molecule has 2 atom stereocenters. The van der Waals surface area contributed by atoms with Crippen LogP contribution >= 0.6 is 22.6 Å². The molecule has 0 aromatic heterocycles. The molecule has 0 bridgehead atoms. The number of benzene rings is 1. The number of rotatable bonds is 5. The second-order valence-corrected chi connectivity index (χ2v) is 5.84. The minimum atomic E-state index is -0.732. The fourth-order valence-electron chi connectivity index (χ4n) is 1.96. The molecule has 2 unspecified atom stereocenters. The van der Waals surface area contributed by atoms with Crippen molar-refractivity contribution in [1.29, 1.82) is 0 Å². The molecule has 2 rings (SSSR count). The zero-order valence-corrected chi connectivity index (χ0v) is 11.8. The highest BCUT2D eigenvalue weighted by atomic mass is 127. The lowest BCUT2D eigenvalue weighted by Gasteiger charge is -2.20. The molecule has 92 valence electrons. The van der Waals surface area contributed by atoms with Gasteiger partial charge in [-0.1, -0.05) is 12.1 Å². The highest BCUT2D eigenvalue weighted by molar-refractivity contribution is 14.1. The van der Waals surface area contributed by atoms with E-state index in [2.05, 4.69) is 27.9 Å². The molecule has 1 saturated carbocycles. The molecule has 0 radical (unpaired) electrons. The Kier molecular flexibility index (Phi) is 4.04. The third kappa shape index (κ3) is 3.42. The normalized spacial score (nSPS) is 18.7. The van der Waals surface area contributed by atoms with Crippen molar-refractivity contribution in [2.24, 2.45) is 5.92 Å². The number of halogens is 1. The van der Waals surface area contributed by atoms with Gasteiger partial charge in [0.05, 0.1) is 0 Å². The zero-order chi connectivity index (χ0) is 12.4. The Morgan fingerprint density at radius 2 is 2.00 bits per heavy atom. The summed E-state index contributed by atoms with van der Waals surface area (Å²) in [6, 6.07) is 7.86. The van der Waals surface area contributed by atoms with Crippen LogP contribution in [-0.2, 0) is 4.79 Å². The van der Waals surface area contributed by atoms with E-state index in [1.54, 1.807) is 0 Å². The lowest BCUT2D eigenvalue weighted by atomic mass is 10.1. The number of nitrogens with one attached hydrogen (secondary N) is 1. The lowest BCUT2D eigenvalue weighted by Crippen LogP contribution is -2.40. The molecular formula is C13H16INO2. The minimum Gasteiger partial charge on any atom is -0.480 e. The average Bonchev–Trinajstić information content (AvgIpc) is 3.10. The number of hydrogen-bond acceptors (Lipinski definition) is 2. The number of carboxylic acid groups (broad SMARTS) is 1. The molecule has 17 heavy (non-hydrogen) atoms. The van der Waals surface area contributed by atoms with Crippen LogP contribution in [0.25, 0.3) is 0 Å². The summed E-state index contributed by atoms with van der Waals surface area (Å²) in [6.07, 6.45) is 2.06. The predicted molar refractivity (Wildman–Crippen MR) is 74.9 cm³/mol. The standard InChI is InChI=1S/C13H16INO2/c1-8(9-4-6-11(14)7-5-9)15-12(13(16)17)10-2-3-10/h4-8,10,12,15H,2-3H2,1H3,(H,16,17). The van der Waals surface area contributed by atoms with Crippen molar-refractivity contribution in [1.82, 2.24) is 5.32 Å². The molecule has 1 aromatic rings. The third-order valence-electron chi connectivity index (χ3n) is 3.16. The summed E-state index contributed by atoms with van der Waals surface area (Å²) < 4.78 is 1.19. The van der Waals surface area contributed by atoms with E-state index in [1.165, 1.54) is 3.57 Å². The molecule has 0 spiro atoms. The van der Waals surface area contributed by atoms with Crippen LogP contribution in [0.3, 0.4) is 0 Å². The van der Waals surface area contributed by atoms with Gasteiger partial charge in [-0.15, -0.1) is 0 Å². The highest BCUT2D eigenvalue weighted by Crippen LogP contribution is 2.33. The van der Waals surface area contributed by atoms with Gasteiger partial charge in [-0.3, -0.25) is 10.1 Å². The van der Waals surface area contributed by atoms with E-state index >= 15 is 0 Å². The van der Waals surface area contributed by atoms with Crippen molar-refractivity contribution >= 4 is 28.6 Å². The van der Waals surface area contributed by atoms with Crippen LogP contribution in [0.2, 0.25) is 0 Å². The van der Waals surface area contributed by atoms with Gasteiger partial charge in [0.1, 0.15) is 6.04 Å². The monoisotopic (exact) mass is 345 g/mol. The van der Waals surface area contributed by atoms with Crippen molar-refractivity contribution in [3.63, 3.8) is 0 Å². The fraction of sp³-hybridized carbons (Fsp3) is 0.462. The van der Waals surface area contributed by atoms with Gasteiger partial charge in [0, 0.05) is 9.61 Å². The zero-order valence-electron chi connectivity index (χ0n) is 9.69. The van der Waals surface area contributed by atoms with E-state index < -0.39 is 12.0 Å². The Bertz CT molecular complexity index is 400. The van der Waals surface area contributed by atoms with Crippen LogP contribution in [0.1, 0.15) is 31.4 Å². The van der Waals surface area contributed by atoms with Gasteiger partial charge in [-0.05, 0) is 66.0 Å². The molecule has 0 amide bonds. The summed E-state index contributed by atoms with van der Waals surface area (Å²) in [7, 11) is 0. The molecule has 0 saturated heterocycles. The summed E-state index contributed by atoms with van der Waals surface area (Å²) in [5, 5.41) is 12.4. The Morgan fingerprint density at radius 3 is 2.47 bits per heavy atom. The van der Waals surface area contributed by atoms with Crippen molar-refractivity contribution in [3.05, 3.63) is 33.4 Å². The maximum absolute atomic E-state index is 11.1. The van der Waals surface area contributed by atoms with Crippen LogP contribution in [-0.4, -0.2) is 17.1 Å². The van der Waals surface area contributed by atoms with Crippen molar-refractivity contribution in [2.75, 3.05) is 0 Å². The summed E-state index contributed by atoms with van der Waals surface area (Å²) >= 11 is 2.26. The van der Waals surface area contributed by atoms with E-state index in [0.29, 0.717) is 5.92 Å². The Hall–Kier alpha value is -0.620. The SMILES string of the molecule is CC(NC(C(=O)O)C1CC1)c1ccc(I)cc1. The number of carbonyl (C=O) groups is 1. The van der Waals surface area contributed by atoms with Gasteiger partial charge in [-0.2, -0.15) is 0 Å². The Morgan fingerprint density at radius 1 is 1.41 bits per heavy atom. The first-order valence-corrected chi connectivity index (χ1v) is 6.90. The summed E-state index contributed by atoms with van der Waals surface area (Å²) in [5.74, 6) is -0.413. The number of carboxylic acids is 1. The van der Waals surface area contributed by atoms with E-state index in [0.717, 1.165) is 18.4 Å². The lowest BCUT2D eigenvalue weighted by molar-refractivity contribution is -0.140. The second-order valence-electron chi connectivity index (χ2n) is 4.59. The van der Waals surface area contributed by atoms with Gasteiger partial charge in [0.15, 0.2) is 0 Å². The molecule has 2 N–H and O–H groups in total. The van der Waals surface area contributed by atoms with E-state index in [4.69, 9.17) is 5.11 Å². The number of hydrogen-bond donors (Lipinski definition) is 2. The molecule has 0 heterocycles. The fourth-order valence-corrected chi connectivity index (χ4v) is 2.32. The predicted octanol–water partition coefficient (Wildman–Crippen LogP) is 2.81. The molecule has 1 aliphatic rings. The topological polar surface area (TPSA) is 49.3 Å². The van der Waals surface area contributed by atoms with Gasteiger partial charge in [0.25, 0.3) is 0 Å². The first kappa shape index (κ1) is 12.8.